The van der Waals surface area contributed by atoms with Gasteiger partial charge in [0.25, 0.3) is 0 Å². The van der Waals surface area contributed by atoms with Crippen LogP contribution >= 0.6 is 0 Å². The molecule has 0 N–H and O–H groups in total. The molecule has 254 valence electrons. The van der Waals surface area contributed by atoms with Crippen LogP contribution in [0.5, 0.6) is 0 Å². The molecular formula is C49H31N3O2. The molecule has 0 amide bonds. The zero-order valence-corrected chi connectivity index (χ0v) is 29.1. The third kappa shape index (κ3) is 4.83. The van der Waals surface area contributed by atoms with E-state index in [1.54, 1.807) is 0 Å². The van der Waals surface area contributed by atoms with Crippen molar-refractivity contribution in [3.05, 3.63) is 188 Å². The van der Waals surface area contributed by atoms with Crippen molar-refractivity contribution in [3.63, 3.8) is 0 Å². The maximum atomic E-state index is 6.43. The first-order chi connectivity index (χ1) is 26.8. The summed E-state index contributed by atoms with van der Waals surface area (Å²) in [6.45, 7) is 0. The Labute approximate surface area is 310 Å². The molecule has 5 nitrogen and oxygen atoms in total. The van der Waals surface area contributed by atoms with Crippen molar-refractivity contribution in [2.45, 2.75) is 0 Å². The number of anilines is 3. The molecule has 8 aromatic carbocycles. The fraction of sp³-hybridized carbons (Fsp3) is 0. The summed E-state index contributed by atoms with van der Waals surface area (Å²) >= 11 is 0. The second kappa shape index (κ2) is 12.1. The summed E-state index contributed by atoms with van der Waals surface area (Å²) in [7, 11) is 0. The highest BCUT2D eigenvalue weighted by Gasteiger charge is 2.22. The van der Waals surface area contributed by atoms with Crippen molar-refractivity contribution < 1.29 is 8.83 Å². The van der Waals surface area contributed by atoms with E-state index in [2.05, 4.69) is 161 Å². The van der Waals surface area contributed by atoms with Gasteiger partial charge in [-0.2, -0.15) is 0 Å². The van der Waals surface area contributed by atoms with Crippen LogP contribution < -0.4 is 4.90 Å². The minimum Gasteiger partial charge on any atom is -0.456 e. The summed E-state index contributed by atoms with van der Waals surface area (Å²) in [6, 6.07) is 65.7. The van der Waals surface area contributed by atoms with Crippen molar-refractivity contribution in [3.8, 4) is 28.3 Å². The van der Waals surface area contributed by atoms with E-state index >= 15 is 0 Å². The van der Waals surface area contributed by atoms with Crippen LogP contribution in [-0.4, -0.2) is 9.55 Å². The SMILES string of the molecule is c1ccc(-c2cccc(N(c3ccc4c(c3)oc3ccccc34)c3ccc4c5c(-c6nc7ccccc7o6)cccc5n(-c5ccccc5)c4c3)c2)cc1. The summed E-state index contributed by atoms with van der Waals surface area (Å²) in [6.07, 6.45) is 0. The van der Waals surface area contributed by atoms with Crippen molar-refractivity contribution >= 4 is 71.9 Å². The molecule has 0 radical (unpaired) electrons. The molecule has 11 aromatic rings. The van der Waals surface area contributed by atoms with Gasteiger partial charge in [-0.15, -0.1) is 0 Å². The number of benzene rings is 8. The molecule has 11 rings (SSSR count). The van der Waals surface area contributed by atoms with Gasteiger partial charge in [-0.25, -0.2) is 4.98 Å². The van der Waals surface area contributed by atoms with Crippen molar-refractivity contribution in [2.75, 3.05) is 4.90 Å². The number of aromatic nitrogens is 2. The molecule has 0 saturated carbocycles. The smallest absolute Gasteiger partial charge is 0.228 e. The Bertz CT molecular complexity index is 3140. The number of rotatable bonds is 6. The molecule has 0 atom stereocenters. The van der Waals surface area contributed by atoms with Crippen LogP contribution in [0.2, 0.25) is 0 Å². The number of oxazole rings is 1. The zero-order valence-electron chi connectivity index (χ0n) is 29.1. The van der Waals surface area contributed by atoms with Gasteiger partial charge in [0.05, 0.1) is 11.0 Å². The van der Waals surface area contributed by atoms with Gasteiger partial charge in [0.2, 0.25) is 5.89 Å². The average Bonchev–Trinajstić information content (AvgIpc) is 3.93. The first kappa shape index (κ1) is 30.3. The van der Waals surface area contributed by atoms with E-state index in [4.69, 9.17) is 13.8 Å². The first-order valence-corrected chi connectivity index (χ1v) is 18.1. The van der Waals surface area contributed by atoms with E-state index in [1.165, 1.54) is 5.56 Å². The highest BCUT2D eigenvalue weighted by molar-refractivity contribution is 6.16. The third-order valence-corrected chi connectivity index (χ3v) is 10.4. The fourth-order valence-corrected chi connectivity index (χ4v) is 7.97. The summed E-state index contributed by atoms with van der Waals surface area (Å²) in [5.41, 5.74) is 12.9. The lowest BCUT2D eigenvalue weighted by Crippen LogP contribution is -2.10. The van der Waals surface area contributed by atoms with E-state index in [0.717, 1.165) is 88.7 Å². The summed E-state index contributed by atoms with van der Waals surface area (Å²) in [5, 5.41) is 4.41. The molecule has 0 unspecified atom stereocenters. The van der Waals surface area contributed by atoms with E-state index in [-0.39, 0.29) is 0 Å². The first-order valence-electron chi connectivity index (χ1n) is 18.1. The topological polar surface area (TPSA) is 47.3 Å². The molecule has 0 aliphatic rings. The van der Waals surface area contributed by atoms with Gasteiger partial charge < -0.3 is 18.3 Å². The Balaban J connectivity index is 1.17. The number of hydrogen-bond acceptors (Lipinski definition) is 4. The molecule has 54 heavy (non-hydrogen) atoms. The fourth-order valence-electron chi connectivity index (χ4n) is 7.97. The Morgan fingerprint density at radius 3 is 1.94 bits per heavy atom. The Kier molecular flexibility index (Phi) is 6.79. The molecular weight excluding hydrogens is 663 g/mol. The summed E-state index contributed by atoms with van der Waals surface area (Å²) in [4.78, 5) is 7.25. The van der Waals surface area contributed by atoms with Crippen molar-refractivity contribution in [2.24, 2.45) is 0 Å². The van der Waals surface area contributed by atoms with Gasteiger partial charge in [-0.05, 0) is 90.0 Å². The van der Waals surface area contributed by atoms with Crippen LogP contribution in [0.15, 0.2) is 197 Å². The Morgan fingerprint density at radius 1 is 0.426 bits per heavy atom. The van der Waals surface area contributed by atoms with Crippen LogP contribution in [0.3, 0.4) is 0 Å². The highest BCUT2D eigenvalue weighted by Crippen LogP contribution is 2.44. The third-order valence-electron chi connectivity index (χ3n) is 10.4. The normalized spacial score (nSPS) is 11.7. The summed E-state index contributed by atoms with van der Waals surface area (Å²) < 4.78 is 15.1. The highest BCUT2D eigenvalue weighted by atomic mass is 16.3. The van der Waals surface area contributed by atoms with Gasteiger partial charge >= 0.3 is 0 Å². The quantitative estimate of drug-likeness (QED) is 0.174. The number of hydrogen-bond donors (Lipinski definition) is 0. The van der Waals surface area contributed by atoms with Gasteiger partial charge in [-0.3, -0.25) is 0 Å². The van der Waals surface area contributed by atoms with E-state index in [9.17, 15) is 0 Å². The largest absolute Gasteiger partial charge is 0.456 e. The number of para-hydroxylation sites is 4. The van der Waals surface area contributed by atoms with E-state index in [0.29, 0.717) is 5.89 Å². The summed E-state index contributed by atoms with van der Waals surface area (Å²) in [5.74, 6) is 0.608. The van der Waals surface area contributed by atoms with Crippen LogP contribution in [0.25, 0.3) is 83.1 Å². The van der Waals surface area contributed by atoms with Crippen LogP contribution in [0, 0.1) is 0 Å². The van der Waals surface area contributed by atoms with Gasteiger partial charge in [0, 0.05) is 55.9 Å². The molecule has 5 heteroatoms. The second-order valence-corrected chi connectivity index (χ2v) is 13.6. The van der Waals surface area contributed by atoms with E-state index in [1.807, 2.05) is 36.4 Å². The van der Waals surface area contributed by atoms with Crippen molar-refractivity contribution in [1.29, 1.82) is 0 Å². The average molecular weight is 694 g/mol. The Morgan fingerprint density at radius 2 is 1.09 bits per heavy atom. The molecule has 0 aliphatic heterocycles. The number of furan rings is 1. The zero-order chi connectivity index (χ0) is 35.6. The number of nitrogens with zero attached hydrogens (tertiary/aromatic N) is 3. The molecule has 0 spiro atoms. The molecule has 0 saturated heterocycles. The maximum absolute atomic E-state index is 6.43. The minimum absolute atomic E-state index is 0.608. The number of fused-ring (bicyclic) bond motifs is 7. The molecule has 0 bridgehead atoms. The van der Waals surface area contributed by atoms with Crippen LogP contribution in [-0.2, 0) is 0 Å². The second-order valence-electron chi connectivity index (χ2n) is 13.6. The van der Waals surface area contributed by atoms with Crippen LogP contribution in [0.4, 0.5) is 17.1 Å². The standard InChI is InChI=1S/C49H31N3O2/c1-3-13-32(14-4-1)33-15-11-18-35(29-33)51(37-25-27-39-38-19-7-9-23-45(38)53-47(39)31-37)36-26-28-40-44(30-36)52(34-16-5-2-6-17-34)43-22-12-20-41(48(40)43)49-50-42-21-8-10-24-46(42)54-49/h1-31H. The van der Waals surface area contributed by atoms with Gasteiger partial charge in [0.15, 0.2) is 5.58 Å². The van der Waals surface area contributed by atoms with Crippen molar-refractivity contribution in [1.82, 2.24) is 9.55 Å². The molecule has 3 heterocycles. The predicted octanol–water partition coefficient (Wildman–Crippen LogP) is 13.6. The molecule has 3 aromatic heterocycles. The minimum atomic E-state index is 0.608. The lowest BCUT2D eigenvalue weighted by atomic mass is 10.0. The van der Waals surface area contributed by atoms with Gasteiger partial charge in [-0.1, -0.05) is 103 Å². The lowest BCUT2D eigenvalue weighted by molar-refractivity contribution is 0.620. The molecule has 0 fully saturated rings. The predicted molar refractivity (Wildman–Crippen MR) is 221 cm³/mol. The monoisotopic (exact) mass is 693 g/mol. The van der Waals surface area contributed by atoms with Crippen LogP contribution in [0.1, 0.15) is 0 Å². The lowest BCUT2D eigenvalue weighted by Gasteiger charge is -2.26. The Hall–Kier alpha value is -7.37. The van der Waals surface area contributed by atoms with Gasteiger partial charge in [0.1, 0.15) is 16.7 Å². The van der Waals surface area contributed by atoms with E-state index < -0.39 is 0 Å². The maximum Gasteiger partial charge on any atom is 0.228 e. The molecule has 0 aliphatic carbocycles.